The highest BCUT2D eigenvalue weighted by atomic mass is 16.7. The first-order valence-corrected chi connectivity index (χ1v) is 7.05. The molecule has 2 fully saturated rings. The standard InChI is InChI=1S/C14H24O4/c1-4-14(13(15)17-5-2)12(18-14)10-6-8-11(16-3)9-7-10/h10-12H,4-9H2,1-3H3/t10?,11?,12-,14+/m0/s1. The van der Waals surface area contributed by atoms with Gasteiger partial charge in [-0.1, -0.05) is 6.92 Å². The van der Waals surface area contributed by atoms with Crippen molar-refractivity contribution in [1.29, 1.82) is 0 Å². The fourth-order valence-electron chi connectivity index (χ4n) is 3.14. The number of epoxide rings is 1. The molecule has 0 unspecified atom stereocenters. The van der Waals surface area contributed by atoms with E-state index in [9.17, 15) is 4.79 Å². The number of hydrogen-bond acceptors (Lipinski definition) is 4. The SMILES string of the molecule is CCOC(=O)[C@]1(CC)O[C@H]1C1CCC(OC)CC1. The Morgan fingerprint density at radius 3 is 2.44 bits per heavy atom. The Morgan fingerprint density at radius 1 is 1.28 bits per heavy atom. The lowest BCUT2D eigenvalue weighted by Gasteiger charge is -2.27. The van der Waals surface area contributed by atoms with Crippen LogP contribution in [0.4, 0.5) is 0 Å². The normalized spacial score (nSPS) is 39.4. The van der Waals surface area contributed by atoms with Crippen molar-refractivity contribution in [1.82, 2.24) is 0 Å². The average Bonchev–Trinajstić information content (AvgIpc) is 3.15. The maximum Gasteiger partial charge on any atom is 0.341 e. The van der Waals surface area contributed by atoms with Crippen LogP contribution in [0.5, 0.6) is 0 Å². The predicted molar refractivity (Wildman–Crippen MR) is 67.3 cm³/mol. The van der Waals surface area contributed by atoms with Crippen molar-refractivity contribution in [3.63, 3.8) is 0 Å². The van der Waals surface area contributed by atoms with Gasteiger partial charge in [-0.25, -0.2) is 4.79 Å². The van der Waals surface area contributed by atoms with Crippen molar-refractivity contribution in [2.75, 3.05) is 13.7 Å². The molecule has 1 saturated heterocycles. The summed E-state index contributed by atoms with van der Waals surface area (Å²) >= 11 is 0. The number of ether oxygens (including phenoxy) is 3. The Hall–Kier alpha value is -0.610. The van der Waals surface area contributed by atoms with E-state index in [2.05, 4.69) is 0 Å². The largest absolute Gasteiger partial charge is 0.464 e. The van der Waals surface area contributed by atoms with Gasteiger partial charge in [-0.05, 0) is 44.9 Å². The summed E-state index contributed by atoms with van der Waals surface area (Å²) in [5.41, 5.74) is -0.638. The highest BCUT2D eigenvalue weighted by Crippen LogP contribution is 2.49. The molecule has 1 heterocycles. The predicted octanol–water partition coefficient (Wildman–Crippen LogP) is 2.30. The summed E-state index contributed by atoms with van der Waals surface area (Å²) in [5.74, 6) is 0.312. The van der Waals surface area contributed by atoms with Gasteiger partial charge in [-0.2, -0.15) is 0 Å². The van der Waals surface area contributed by atoms with Gasteiger partial charge in [-0.3, -0.25) is 0 Å². The zero-order chi connectivity index (χ0) is 13.2. The van der Waals surface area contributed by atoms with Crippen molar-refractivity contribution < 1.29 is 19.0 Å². The molecule has 18 heavy (non-hydrogen) atoms. The van der Waals surface area contributed by atoms with Crippen molar-refractivity contribution in [2.24, 2.45) is 5.92 Å². The second-order valence-electron chi connectivity index (χ2n) is 5.27. The molecule has 0 spiro atoms. The van der Waals surface area contributed by atoms with E-state index in [4.69, 9.17) is 14.2 Å². The van der Waals surface area contributed by atoms with Crippen LogP contribution in [0.25, 0.3) is 0 Å². The number of esters is 1. The molecule has 1 aliphatic heterocycles. The molecule has 2 aliphatic rings. The van der Waals surface area contributed by atoms with Gasteiger partial charge in [0.15, 0.2) is 5.60 Å². The first-order chi connectivity index (χ1) is 8.67. The number of carbonyl (C=O) groups is 1. The van der Waals surface area contributed by atoms with Crippen LogP contribution in [0.15, 0.2) is 0 Å². The lowest BCUT2D eigenvalue weighted by atomic mass is 9.81. The molecule has 4 heteroatoms. The number of hydrogen-bond donors (Lipinski definition) is 0. The van der Waals surface area contributed by atoms with E-state index in [0.29, 0.717) is 25.0 Å². The smallest absolute Gasteiger partial charge is 0.341 e. The van der Waals surface area contributed by atoms with Gasteiger partial charge in [0.2, 0.25) is 0 Å². The Balaban J connectivity index is 1.90. The molecule has 0 aromatic rings. The molecular weight excluding hydrogens is 232 g/mol. The summed E-state index contributed by atoms with van der Waals surface area (Å²) in [6.07, 6.45) is 5.49. The van der Waals surface area contributed by atoms with Gasteiger partial charge in [0.25, 0.3) is 0 Å². The molecule has 2 rings (SSSR count). The molecule has 0 radical (unpaired) electrons. The van der Waals surface area contributed by atoms with Crippen LogP contribution in [-0.4, -0.2) is 37.5 Å². The topological polar surface area (TPSA) is 48.1 Å². The number of methoxy groups -OCH3 is 1. The minimum atomic E-state index is -0.638. The first-order valence-electron chi connectivity index (χ1n) is 7.05. The molecule has 104 valence electrons. The summed E-state index contributed by atoms with van der Waals surface area (Å²) in [4.78, 5) is 12.0. The lowest BCUT2D eigenvalue weighted by Crippen LogP contribution is -2.33. The summed E-state index contributed by atoms with van der Waals surface area (Å²) in [6.45, 7) is 4.26. The van der Waals surface area contributed by atoms with E-state index < -0.39 is 5.60 Å². The van der Waals surface area contributed by atoms with Crippen LogP contribution < -0.4 is 0 Å². The summed E-state index contributed by atoms with van der Waals surface area (Å²) in [5, 5.41) is 0. The van der Waals surface area contributed by atoms with Crippen molar-refractivity contribution in [3.05, 3.63) is 0 Å². The molecular formula is C14H24O4. The van der Waals surface area contributed by atoms with Crippen LogP contribution in [0.2, 0.25) is 0 Å². The number of carbonyl (C=O) groups excluding carboxylic acids is 1. The second kappa shape index (κ2) is 5.57. The zero-order valence-corrected chi connectivity index (χ0v) is 11.6. The maximum atomic E-state index is 12.0. The van der Waals surface area contributed by atoms with Crippen molar-refractivity contribution in [3.8, 4) is 0 Å². The van der Waals surface area contributed by atoms with Crippen LogP contribution in [-0.2, 0) is 19.0 Å². The molecule has 0 aromatic heterocycles. The van der Waals surface area contributed by atoms with E-state index in [1.807, 2.05) is 13.8 Å². The van der Waals surface area contributed by atoms with Crippen molar-refractivity contribution in [2.45, 2.75) is 63.8 Å². The Morgan fingerprint density at radius 2 is 1.94 bits per heavy atom. The molecule has 2 atom stereocenters. The minimum absolute atomic E-state index is 0.0688. The van der Waals surface area contributed by atoms with Gasteiger partial charge >= 0.3 is 5.97 Å². The van der Waals surface area contributed by atoms with Crippen LogP contribution in [0.3, 0.4) is 0 Å². The van der Waals surface area contributed by atoms with Crippen LogP contribution >= 0.6 is 0 Å². The average molecular weight is 256 g/mol. The first kappa shape index (κ1) is 13.8. The molecule has 1 aliphatic carbocycles. The molecule has 0 bridgehead atoms. The molecule has 4 nitrogen and oxygen atoms in total. The quantitative estimate of drug-likeness (QED) is 0.559. The molecule has 1 saturated carbocycles. The maximum absolute atomic E-state index is 12.0. The molecule has 0 aromatic carbocycles. The Labute approximate surface area is 109 Å². The second-order valence-corrected chi connectivity index (χ2v) is 5.27. The van der Waals surface area contributed by atoms with Gasteiger partial charge in [0.1, 0.15) is 6.10 Å². The van der Waals surface area contributed by atoms with Crippen LogP contribution in [0, 0.1) is 5.92 Å². The lowest BCUT2D eigenvalue weighted by molar-refractivity contribution is -0.149. The summed E-state index contributed by atoms with van der Waals surface area (Å²) in [7, 11) is 1.77. The Kier molecular flexibility index (Phi) is 4.28. The zero-order valence-electron chi connectivity index (χ0n) is 11.6. The minimum Gasteiger partial charge on any atom is -0.464 e. The summed E-state index contributed by atoms with van der Waals surface area (Å²) in [6, 6.07) is 0. The van der Waals surface area contributed by atoms with E-state index in [1.165, 1.54) is 0 Å². The fourth-order valence-corrected chi connectivity index (χ4v) is 3.14. The van der Waals surface area contributed by atoms with Gasteiger partial charge in [0.05, 0.1) is 12.7 Å². The highest BCUT2D eigenvalue weighted by Gasteiger charge is 2.64. The van der Waals surface area contributed by atoms with E-state index in [0.717, 1.165) is 25.7 Å². The third-order valence-corrected chi connectivity index (χ3v) is 4.37. The van der Waals surface area contributed by atoms with Gasteiger partial charge in [0, 0.05) is 7.11 Å². The van der Waals surface area contributed by atoms with E-state index in [1.54, 1.807) is 7.11 Å². The monoisotopic (exact) mass is 256 g/mol. The Bertz CT molecular complexity index is 296. The highest BCUT2D eigenvalue weighted by molar-refractivity contribution is 5.83. The summed E-state index contributed by atoms with van der Waals surface area (Å²) < 4.78 is 16.3. The fraction of sp³-hybridized carbons (Fsp3) is 0.929. The van der Waals surface area contributed by atoms with Gasteiger partial charge in [-0.15, -0.1) is 0 Å². The third kappa shape index (κ3) is 2.41. The number of rotatable bonds is 5. The molecule has 0 N–H and O–H groups in total. The molecule has 0 amide bonds. The van der Waals surface area contributed by atoms with Gasteiger partial charge < -0.3 is 14.2 Å². The third-order valence-electron chi connectivity index (χ3n) is 4.37. The van der Waals surface area contributed by atoms with Crippen molar-refractivity contribution >= 4 is 5.97 Å². The van der Waals surface area contributed by atoms with Crippen LogP contribution in [0.1, 0.15) is 46.0 Å². The van der Waals surface area contributed by atoms with E-state index in [-0.39, 0.29) is 12.1 Å². The van der Waals surface area contributed by atoms with E-state index >= 15 is 0 Å².